The summed E-state index contributed by atoms with van der Waals surface area (Å²) in [5.74, 6) is 1.91. The van der Waals surface area contributed by atoms with E-state index < -0.39 is 0 Å². The lowest BCUT2D eigenvalue weighted by Gasteiger charge is -2.54. The summed E-state index contributed by atoms with van der Waals surface area (Å²) in [7, 11) is 0. The van der Waals surface area contributed by atoms with Crippen LogP contribution in [0.15, 0.2) is 17.5 Å². The Balaban J connectivity index is 1.20. The molecule has 5 nitrogen and oxygen atoms in total. The van der Waals surface area contributed by atoms with E-state index in [1.54, 1.807) is 11.3 Å². The molecule has 3 atom stereocenters. The average molecular weight is 388 g/mol. The molecule has 1 aromatic heterocycles. The van der Waals surface area contributed by atoms with Crippen LogP contribution in [0.4, 0.5) is 0 Å². The number of hydrogen-bond acceptors (Lipinski definition) is 4. The Hall–Kier alpha value is -1.40. The Morgan fingerprint density at radius 3 is 2.74 bits per heavy atom. The summed E-state index contributed by atoms with van der Waals surface area (Å²) in [6.45, 7) is 5.01. The van der Waals surface area contributed by atoms with Crippen LogP contribution in [0.3, 0.4) is 0 Å². The molecule has 6 heteroatoms. The van der Waals surface area contributed by atoms with Crippen LogP contribution in [0.2, 0.25) is 0 Å². The maximum atomic E-state index is 12.6. The van der Waals surface area contributed by atoms with Crippen molar-refractivity contribution in [3.05, 3.63) is 22.4 Å². The van der Waals surface area contributed by atoms with Crippen LogP contribution in [-0.2, 0) is 4.79 Å². The number of amides is 2. The van der Waals surface area contributed by atoms with E-state index >= 15 is 0 Å². The Labute approximate surface area is 165 Å². The van der Waals surface area contributed by atoms with E-state index in [0.717, 1.165) is 63.3 Å². The molecule has 1 aromatic rings. The van der Waals surface area contributed by atoms with Gasteiger partial charge in [0.25, 0.3) is 5.91 Å². The van der Waals surface area contributed by atoms with Gasteiger partial charge in [0.2, 0.25) is 5.91 Å². The van der Waals surface area contributed by atoms with Crippen LogP contribution in [0, 0.1) is 11.8 Å². The Bertz CT molecular complexity index is 698. The molecule has 4 fully saturated rings. The predicted octanol–water partition coefficient (Wildman–Crippen LogP) is 2.69. The van der Waals surface area contributed by atoms with E-state index in [4.69, 9.17) is 0 Å². The van der Waals surface area contributed by atoms with Crippen molar-refractivity contribution in [3.8, 4) is 0 Å². The first-order valence-corrected chi connectivity index (χ1v) is 11.4. The fraction of sp³-hybridized carbons (Fsp3) is 0.714. The van der Waals surface area contributed by atoms with Gasteiger partial charge in [-0.25, -0.2) is 0 Å². The van der Waals surface area contributed by atoms with Gasteiger partial charge in [0.1, 0.15) is 0 Å². The number of piperidine rings is 4. The summed E-state index contributed by atoms with van der Waals surface area (Å²) in [4.78, 5) is 32.7. The topological polar surface area (TPSA) is 43.9 Å². The number of thiophene rings is 1. The molecule has 5 rings (SSSR count). The lowest BCUT2D eigenvalue weighted by atomic mass is 9.75. The van der Waals surface area contributed by atoms with Crippen LogP contribution in [-0.4, -0.2) is 71.3 Å². The largest absolute Gasteiger partial charge is 0.339 e. The van der Waals surface area contributed by atoms with E-state index in [9.17, 15) is 9.59 Å². The molecule has 0 N–H and O–H groups in total. The maximum Gasteiger partial charge on any atom is 0.263 e. The zero-order valence-electron chi connectivity index (χ0n) is 15.9. The molecule has 0 unspecified atom stereocenters. The summed E-state index contributed by atoms with van der Waals surface area (Å²) in [5.41, 5.74) is 0. The number of carbonyl (C=O) groups is 2. The second-order valence-electron chi connectivity index (χ2n) is 8.82. The Morgan fingerprint density at radius 1 is 1.11 bits per heavy atom. The number of nitrogens with zero attached hydrogens (tertiary/aromatic N) is 3. The van der Waals surface area contributed by atoms with Gasteiger partial charge in [0.05, 0.1) is 4.88 Å². The standard InChI is InChI=1S/C21H29N3O2S/c25-20-5-1-3-18-16-11-15(13-24(18)20)12-23(14-16)17-6-8-22(9-7-17)21(26)19-4-2-10-27-19/h2,4,10,15-18H,1,3,5-9,11-14H2/t15-,16-,18-/m1/s1. The molecule has 0 radical (unpaired) electrons. The number of hydrogen-bond donors (Lipinski definition) is 0. The zero-order chi connectivity index (χ0) is 18.4. The molecule has 4 saturated heterocycles. The van der Waals surface area contributed by atoms with Gasteiger partial charge in [0, 0.05) is 51.2 Å². The van der Waals surface area contributed by atoms with Gasteiger partial charge < -0.3 is 9.80 Å². The van der Waals surface area contributed by atoms with E-state index in [2.05, 4.69) is 9.80 Å². The number of likely N-dealkylation sites (tertiary alicyclic amines) is 2. The maximum absolute atomic E-state index is 12.6. The minimum absolute atomic E-state index is 0.204. The first-order valence-electron chi connectivity index (χ1n) is 10.6. The first kappa shape index (κ1) is 17.7. The van der Waals surface area contributed by atoms with Crippen LogP contribution in [0.1, 0.15) is 48.2 Å². The first-order chi connectivity index (χ1) is 13.2. The van der Waals surface area contributed by atoms with Gasteiger partial charge in [-0.15, -0.1) is 11.3 Å². The molecule has 5 heterocycles. The van der Waals surface area contributed by atoms with Gasteiger partial charge in [-0.2, -0.15) is 0 Å². The van der Waals surface area contributed by atoms with Crippen molar-refractivity contribution in [1.29, 1.82) is 0 Å². The quantitative estimate of drug-likeness (QED) is 0.784. The molecule has 4 aliphatic heterocycles. The summed E-state index contributed by atoms with van der Waals surface area (Å²) in [6, 6.07) is 4.98. The van der Waals surface area contributed by atoms with Gasteiger partial charge in [-0.1, -0.05) is 6.07 Å². The van der Waals surface area contributed by atoms with Gasteiger partial charge in [0.15, 0.2) is 0 Å². The van der Waals surface area contributed by atoms with Crippen LogP contribution in [0.5, 0.6) is 0 Å². The molecular weight excluding hydrogens is 358 g/mol. The molecule has 0 spiro atoms. The normalized spacial score (nSPS) is 32.4. The summed E-state index contributed by atoms with van der Waals surface area (Å²) < 4.78 is 0. The molecule has 2 amide bonds. The number of carbonyl (C=O) groups excluding carboxylic acids is 2. The summed E-state index contributed by atoms with van der Waals surface area (Å²) in [5, 5.41) is 1.98. The second-order valence-corrected chi connectivity index (χ2v) is 9.77. The second kappa shape index (κ2) is 7.21. The van der Waals surface area contributed by atoms with Crippen molar-refractivity contribution in [3.63, 3.8) is 0 Å². The lowest BCUT2D eigenvalue weighted by molar-refractivity contribution is -0.145. The molecule has 0 aromatic carbocycles. The van der Waals surface area contributed by atoms with Crippen LogP contribution >= 0.6 is 11.3 Å². The van der Waals surface area contributed by atoms with Gasteiger partial charge >= 0.3 is 0 Å². The van der Waals surface area contributed by atoms with Crippen molar-refractivity contribution in [2.45, 2.75) is 50.6 Å². The van der Waals surface area contributed by atoms with E-state index in [1.807, 2.05) is 22.4 Å². The highest BCUT2D eigenvalue weighted by Crippen LogP contribution is 2.39. The smallest absolute Gasteiger partial charge is 0.263 e. The van der Waals surface area contributed by atoms with Crippen molar-refractivity contribution < 1.29 is 9.59 Å². The van der Waals surface area contributed by atoms with Gasteiger partial charge in [-0.05, 0) is 55.4 Å². The highest BCUT2D eigenvalue weighted by atomic mass is 32.1. The van der Waals surface area contributed by atoms with Crippen molar-refractivity contribution >= 4 is 23.2 Å². The third-order valence-electron chi connectivity index (χ3n) is 7.21. The summed E-state index contributed by atoms with van der Waals surface area (Å²) in [6.07, 6.45) is 6.51. The molecule has 4 aliphatic rings. The Kier molecular flexibility index (Phi) is 4.72. The number of fused-ring (bicyclic) bond motifs is 4. The fourth-order valence-corrected chi connectivity index (χ4v) is 6.63. The van der Waals surface area contributed by atoms with Crippen LogP contribution in [0.25, 0.3) is 0 Å². The van der Waals surface area contributed by atoms with E-state index in [-0.39, 0.29) is 5.91 Å². The molecule has 146 valence electrons. The highest BCUT2D eigenvalue weighted by Gasteiger charge is 2.45. The monoisotopic (exact) mass is 387 g/mol. The fourth-order valence-electron chi connectivity index (χ4n) is 5.94. The minimum Gasteiger partial charge on any atom is -0.339 e. The SMILES string of the molecule is O=C(c1cccs1)N1CCC(N2C[C@H]3C[C@H](C2)[C@H]2CCCC(=O)N2C3)CC1. The van der Waals surface area contributed by atoms with Gasteiger partial charge in [-0.3, -0.25) is 14.5 Å². The lowest BCUT2D eigenvalue weighted by Crippen LogP contribution is -2.62. The minimum atomic E-state index is 0.204. The molecule has 27 heavy (non-hydrogen) atoms. The molecule has 0 saturated carbocycles. The zero-order valence-corrected chi connectivity index (χ0v) is 16.7. The molecule has 2 bridgehead atoms. The third-order valence-corrected chi connectivity index (χ3v) is 8.07. The average Bonchev–Trinajstić information content (AvgIpc) is 3.23. The Morgan fingerprint density at radius 2 is 1.96 bits per heavy atom. The van der Waals surface area contributed by atoms with Crippen molar-refractivity contribution in [1.82, 2.24) is 14.7 Å². The van der Waals surface area contributed by atoms with Crippen LogP contribution < -0.4 is 0 Å². The summed E-state index contributed by atoms with van der Waals surface area (Å²) >= 11 is 1.54. The molecular formula is C21H29N3O2S. The van der Waals surface area contributed by atoms with E-state index in [0.29, 0.717) is 29.8 Å². The highest BCUT2D eigenvalue weighted by molar-refractivity contribution is 7.12. The third kappa shape index (κ3) is 3.31. The van der Waals surface area contributed by atoms with E-state index in [1.165, 1.54) is 12.8 Å². The van der Waals surface area contributed by atoms with Crippen molar-refractivity contribution in [2.75, 3.05) is 32.7 Å². The molecule has 0 aliphatic carbocycles. The van der Waals surface area contributed by atoms with Crippen molar-refractivity contribution in [2.24, 2.45) is 11.8 Å². The number of rotatable bonds is 2. The predicted molar refractivity (Wildman–Crippen MR) is 106 cm³/mol.